The summed E-state index contributed by atoms with van der Waals surface area (Å²) in [5.74, 6) is -2.32. The molecule has 1 heterocycles. The van der Waals surface area contributed by atoms with Crippen LogP contribution in [0.2, 0.25) is 5.02 Å². The highest BCUT2D eigenvalue weighted by Crippen LogP contribution is 2.46. The predicted molar refractivity (Wildman–Crippen MR) is 121 cm³/mol. The van der Waals surface area contributed by atoms with E-state index in [1.807, 2.05) is 0 Å². The van der Waals surface area contributed by atoms with Gasteiger partial charge in [-0.25, -0.2) is 14.4 Å². The number of methoxy groups -OCH3 is 1. The summed E-state index contributed by atoms with van der Waals surface area (Å²) >= 11 is 7.28. The van der Waals surface area contributed by atoms with Gasteiger partial charge in [0.05, 0.1) is 12.0 Å². The lowest BCUT2D eigenvalue weighted by molar-refractivity contribution is -0.139. The second-order valence-corrected chi connectivity index (χ2v) is 8.92. The van der Waals surface area contributed by atoms with Gasteiger partial charge in [-0.15, -0.1) is 11.3 Å². The Morgan fingerprint density at radius 2 is 1.91 bits per heavy atom. The Labute approximate surface area is 194 Å². The third kappa shape index (κ3) is 5.52. The number of carbonyl (C=O) groups is 3. The zero-order valence-corrected chi connectivity index (χ0v) is 19.1. The number of nitrogens with zero attached hydrogens (tertiary/aromatic N) is 1. The first-order valence-electron chi connectivity index (χ1n) is 10.2. The van der Waals surface area contributed by atoms with Gasteiger partial charge in [0.15, 0.2) is 17.2 Å². The van der Waals surface area contributed by atoms with Gasteiger partial charge in [0.2, 0.25) is 0 Å². The fourth-order valence-electron chi connectivity index (χ4n) is 3.82. The van der Waals surface area contributed by atoms with Crippen LogP contribution in [0.25, 0.3) is 10.4 Å². The number of carboxylic acids is 2. The van der Waals surface area contributed by atoms with Crippen molar-refractivity contribution in [1.29, 1.82) is 0 Å². The number of carboxylic acid groups (broad SMARTS) is 2. The van der Waals surface area contributed by atoms with Gasteiger partial charge in [0.1, 0.15) is 5.02 Å². The minimum absolute atomic E-state index is 0.0164. The summed E-state index contributed by atoms with van der Waals surface area (Å²) in [6, 6.07) is 7.01. The number of halogens is 1. The number of aromatic carboxylic acids is 1. The Morgan fingerprint density at radius 3 is 2.53 bits per heavy atom. The average Bonchev–Trinajstić information content (AvgIpc) is 3.12. The highest BCUT2D eigenvalue weighted by atomic mass is 35.5. The Bertz CT molecular complexity index is 1000. The van der Waals surface area contributed by atoms with Crippen molar-refractivity contribution in [2.75, 3.05) is 25.2 Å². The summed E-state index contributed by atoms with van der Waals surface area (Å²) in [6.45, 7) is -0.185. The number of hydrogen-bond acceptors (Lipinski definition) is 6. The minimum Gasteiger partial charge on any atom is -0.479 e. The minimum atomic E-state index is -1.27. The average molecular weight is 482 g/mol. The van der Waals surface area contributed by atoms with Crippen molar-refractivity contribution in [2.45, 2.75) is 32.1 Å². The van der Waals surface area contributed by atoms with E-state index in [9.17, 15) is 19.5 Å². The molecule has 1 saturated carbocycles. The zero-order chi connectivity index (χ0) is 23.3. The highest BCUT2D eigenvalue weighted by molar-refractivity contribution is 7.18. The molecule has 10 heteroatoms. The molecule has 0 saturated heterocycles. The molecule has 1 aromatic carbocycles. The van der Waals surface area contributed by atoms with Crippen LogP contribution in [0.1, 0.15) is 41.8 Å². The van der Waals surface area contributed by atoms with E-state index in [1.165, 1.54) is 13.5 Å². The Hall–Kier alpha value is -2.78. The van der Waals surface area contributed by atoms with Gasteiger partial charge >= 0.3 is 18.0 Å². The number of hydrogen-bond donors (Lipinski definition) is 2. The molecule has 172 valence electrons. The van der Waals surface area contributed by atoms with Gasteiger partial charge in [-0.1, -0.05) is 43.0 Å². The zero-order valence-electron chi connectivity index (χ0n) is 17.5. The number of anilines is 1. The summed E-state index contributed by atoms with van der Waals surface area (Å²) in [4.78, 5) is 36.8. The number of thiophene rings is 1. The molecule has 2 N–H and O–H groups in total. The number of benzene rings is 1. The van der Waals surface area contributed by atoms with Crippen molar-refractivity contribution >= 4 is 46.7 Å². The van der Waals surface area contributed by atoms with Crippen LogP contribution < -0.4 is 9.64 Å². The van der Waals surface area contributed by atoms with E-state index in [-0.39, 0.29) is 15.6 Å². The van der Waals surface area contributed by atoms with Crippen LogP contribution in [-0.2, 0) is 9.53 Å². The van der Waals surface area contributed by atoms with E-state index >= 15 is 0 Å². The fourth-order valence-corrected chi connectivity index (χ4v) is 5.23. The van der Waals surface area contributed by atoms with E-state index in [4.69, 9.17) is 26.2 Å². The fraction of sp³-hybridized carbons (Fsp3) is 0.409. The van der Waals surface area contributed by atoms with E-state index in [2.05, 4.69) is 0 Å². The van der Waals surface area contributed by atoms with Crippen LogP contribution in [0, 0.1) is 5.92 Å². The third-order valence-electron chi connectivity index (χ3n) is 5.32. The molecule has 2 aromatic rings. The van der Waals surface area contributed by atoms with E-state index in [0.29, 0.717) is 28.6 Å². The summed E-state index contributed by atoms with van der Waals surface area (Å²) in [5, 5.41) is 18.4. The van der Waals surface area contributed by atoms with Crippen LogP contribution in [0.5, 0.6) is 5.75 Å². The second kappa shape index (κ2) is 10.7. The molecule has 0 bridgehead atoms. The van der Waals surface area contributed by atoms with Gasteiger partial charge in [-0.2, -0.15) is 0 Å². The van der Waals surface area contributed by atoms with Gasteiger partial charge in [-0.3, -0.25) is 4.90 Å². The molecule has 0 atom stereocenters. The van der Waals surface area contributed by atoms with E-state index < -0.39 is 24.6 Å². The molecule has 0 radical (unpaired) electrons. The number of amides is 1. The van der Waals surface area contributed by atoms with Gasteiger partial charge in [-0.05, 0) is 36.5 Å². The number of ether oxygens (including phenoxy) is 2. The molecule has 32 heavy (non-hydrogen) atoms. The molecule has 0 aliphatic heterocycles. The van der Waals surface area contributed by atoms with Crippen LogP contribution in [0.3, 0.4) is 0 Å². The number of aliphatic carboxylic acids is 1. The van der Waals surface area contributed by atoms with Crippen LogP contribution in [0.4, 0.5) is 10.5 Å². The molecule has 8 nitrogen and oxygen atoms in total. The Balaban J connectivity index is 1.96. The molecule has 1 aromatic heterocycles. The third-order valence-corrected chi connectivity index (χ3v) is 7.00. The molecule has 0 unspecified atom stereocenters. The molecule has 1 aliphatic carbocycles. The topological polar surface area (TPSA) is 113 Å². The van der Waals surface area contributed by atoms with Gasteiger partial charge < -0.3 is 19.7 Å². The maximum absolute atomic E-state index is 12.5. The second-order valence-electron chi connectivity index (χ2n) is 7.53. The molecule has 1 aliphatic rings. The summed E-state index contributed by atoms with van der Waals surface area (Å²) in [5.41, 5.74) is 1.19. The molecular weight excluding hydrogens is 458 g/mol. The lowest BCUT2D eigenvalue weighted by Gasteiger charge is -2.29. The first-order chi connectivity index (χ1) is 15.3. The molecule has 3 rings (SSSR count). The lowest BCUT2D eigenvalue weighted by Crippen LogP contribution is -2.36. The standard InChI is InChI=1S/C22H24ClNO7S/c1-30-22(29)24(11-13-6-3-2-4-7-13)15-9-5-8-14(10-15)19-17(23)18(31-12-16(25)26)20(32-19)21(27)28/h5,8-10,13H,2-4,6-7,11-12H2,1H3,(H,25,26)(H,27,28). The van der Waals surface area contributed by atoms with Crippen molar-refractivity contribution in [2.24, 2.45) is 5.92 Å². The monoisotopic (exact) mass is 481 g/mol. The van der Waals surface area contributed by atoms with E-state index in [0.717, 1.165) is 37.0 Å². The quantitative estimate of drug-likeness (QED) is 0.520. The molecular formula is C22H24ClNO7S. The van der Waals surface area contributed by atoms with Crippen molar-refractivity contribution in [3.05, 3.63) is 34.2 Å². The maximum atomic E-state index is 12.5. The largest absolute Gasteiger partial charge is 0.479 e. The first kappa shape index (κ1) is 23.9. The molecule has 1 fully saturated rings. The molecule has 1 amide bonds. The predicted octanol–water partition coefficient (Wildman–Crippen LogP) is 5.38. The van der Waals surface area contributed by atoms with Crippen LogP contribution in [-0.4, -0.2) is 48.5 Å². The lowest BCUT2D eigenvalue weighted by atomic mass is 9.89. The van der Waals surface area contributed by atoms with Crippen molar-refractivity contribution < 1.29 is 34.1 Å². The van der Waals surface area contributed by atoms with Crippen LogP contribution in [0.15, 0.2) is 24.3 Å². The SMILES string of the molecule is COC(=O)N(CC1CCCCC1)c1cccc(-c2sc(C(=O)O)c(OCC(=O)O)c2Cl)c1. The van der Waals surface area contributed by atoms with Crippen molar-refractivity contribution in [1.82, 2.24) is 0 Å². The first-order valence-corrected chi connectivity index (χ1v) is 11.4. The van der Waals surface area contributed by atoms with Crippen LogP contribution >= 0.6 is 22.9 Å². The van der Waals surface area contributed by atoms with E-state index in [1.54, 1.807) is 29.2 Å². The maximum Gasteiger partial charge on any atom is 0.414 e. The van der Waals surface area contributed by atoms with Crippen molar-refractivity contribution in [3.63, 3.8) is 0 Å². The number of carbonyl (C=O) groups excluding carboxylic acids is 1. The smallest absolute Gasteiger partial charge is 0.414 e. The summed E-state index contributed by atoms with van der Waals surface area (Å²) in [7, 11) is 1.33. The van der Waals surface area contributed by atoms with Gasteiger partial charge in [0.25, 0.3) is 0 Å². The summed E-state index contributed by atoms with van der Waals surface area (Å²) in [6.07, 6.45) is 5.12. The van der Waals surface area contributed by atoms with Crippen molar-refractivity contribution in [3.8, 4) is 16.2 Å². The normalized spacial score (nSPS) is 14.1. The Morgan fingerprint density at radius 1 is 1.19 bits per heavy atom. The Kier molecular flexibility index (Phi) is 7.98. The number of rotatable bonds is 8. The molecule has 0 spiro atoms. The van der Waals surface area contributed by atoms with Gasteiger partial charge in [0, 0.05) is 12.2 Å². The highest BCUT2D eigenvalue weighted by Gasteiger charge is 2.26. The summed E-state index contributed by atoms with van der Waals surface area (Å²) < 4.78 is 10.1.